The van der Waals surface area contributed by atoms with Crippen molar-refractivity contribution in [1.82, 2.24) is 4.90 Å². The van der Waals surface area contributed by atoms with Crippen LogP contribution in [0.3, 0.4) is 0 Å². The van der Waals surface area contributed by atoms with Gasteiger partial charge in [-0.2, -0.15) is 0 Å². The Labute approximate surface area is 114 Å². The third kappa shape index (κ3) is 4.22. The maximum atomic E-state index is 12.5. The molecule has 0 atom stereocenters. The maximum absolute atomic E-state index is 12.5. The molecule has 19 heavy (non-hydrogen) atoms. The predicted molar refractivity (Wildman–Crippen MR) is 75.2 cm³/mol. The Morgan fingerprint density at radius 1 is 1.21 bits per heavy atom. The van der Waals surface area contributed by atoms with E-state index in [4.69, 9.17) is 15.2 Å². The van der Waals surface area contributed by atoms with E-state index < -0.39 is 0 Å². The number of nitrogen functional groups attached to an aromatic ring is 1. The zero-order valence-corrected chi connectivity index (χ0v) is 11.8. The van der Waals surface area contributed by atoms with Crippen LogP contribution in [0.25, 0.3) is 0 Å². The molecule has 0 bridgehead atoms. The van der Waals surface area contributed by atoms with E-state index in [0.717, 1.165) is 5.56 Å². The number of hydrogen-bond donors (Lipinski definition) is 1. The monoisotopic (exact) mass is 266 g/mol. The van der Waals surface area contributed by atoms with Crippen molar-refractivity contribution >= 4 is 11.6 Å². The molecule has 0 fully saturated rings. The van der Waals surface area contributed by atoms with Crippen LogP contribution >= 0.6 is 0 Å². The zero-order chi connectivity index (χ0) is 14.3. The molecule has 0 radical (unpaired) electrons. The van der Waals surface area contributed by atoms with Gasteiger partial charge in [0.15, 0.2) is 0 Å². The zero-order valence-electron chi connectivity index (χ0n) is 11.8. The minimum absolute atomic E-state index is 0.0427. The van der Waals surface area contributed by atoms with Crippen LogP contribution in [-0.2, 0) is 9.47 Å². The summed E-state index contributed by atoms with van der Waals surface area (Å²) in [6.45, 7) is 3.92. The fourth-order valence-electron chi connectivity index (χ4n) is 1.77. The van der Waals surface area contributed by atoms with Crippen LogP contribution < -0.4 is 5.73 Å². The minimum atomic E-state index is -0.0427. The summed E-state index contributed by atoms with van der Waals surface area (Å²) in [5.41, 5.74) is 7.91. The van der Waals surface area contributed by atoms with E-state index in [-0.39, 0.29) is 5.91 Å². The molecule has 5 nitrogen and oxygen atoms in total. The average Bonchev–Trinajstić information content (AvgIpc) is 2.41. The van der Waals surface area contributed by atoms with Gasteiger partial charge < -0.3 is 20.1 Å². The summed E-state index contributed by atoms with van der Waals surface area (Å²) in [6, 6.07) is 5.38. The maximum Gasteiger partial charge on any atom is 0.254 e. The van der Waals surface area contributed by atoms with E-state index in [0.29, 0.717) is 37.6 Å². The van der Waals surface area contributed by atoms with E-state index in [1.54, 1.807) is 37.3 Å². The molecule has 0 unspecified atom stereocenters. The van der Waals surface area contributed by atoms with Crippen LogP contribution in [0.15, 0.2) is 18.2 Å². The fraction of sp³-hybridized carbons (Fsp3) is 0.500. The third-order valence-corrected chi connectivity index (χ3v) is 3.02. The van der Waals surface area contributed by atoms with E-state index >= 15 is 0 Å². The summed E-state index contributed by atoms with van der Waals surface area (Å²) in [4.78, 5) is 14.2. The van der Waals surface area contributed by atoms with Gasteiger partial charge in [-0.25, -0.2) is 0 Å². The van der Waals surface area contributed by atoms with Gasteiger partial charge >= 0.3 is 0 Å². The summed E-state index contributed by atoms with van der Waals surface area (Å²) in [6.07, 6.45) is 0. The van der Waals surface area contributed by atoms with Crippen molar-refractivity contribution in [2.45, 2.75) is 6.92 Å². The van der Waals surface area contributed by atoms with Gasteiger partial charge in [-0.1, -0.05) is 6.07 Å². The van der Waals surface area contributed by atoms with Crippen LogP contribution in [-0.4, -0.2) is 51.3 Å². The number of anilines is 1. The molecule has 0 aliphatic rings. The molecule has 1 aromatic carbocycles. The van der Waals surface area contributed by atoms with E-state index in [1.165, 1.54) is 0 Å². The highest BCUT2D eigenvalue weighted by atomic mass is 16.5. The van der Waals surface area contributed by atoms with Crippen molar-refractivity contribution in [1.29, 1.82) is 0 Å². The summed E-state index contributed by atoms with van der Waals surface area (Å²) in [5, 5.41) is 0. The van der Waals surface area contributed by atoms with Crippen molar-refractivity contribution in [3.8, 4) is 0 Å². The van der Waals surface area contributed by atoms with Crippen LogP contribution in [0.1, 0.15) is 15.9 Å². The van der Waals surface area contributed by atoms with Gasteiger partial charge in [-0.15, -0.1) is 0 Å². The Hall–Kier alpha value is -1.59. The SMILES string of the molecule is COCCN(CCOC)C(=O)c1cccc(N)c1C. The Morgan fingerprint density at radius 3 is 2.32 bits per heavy atom. The number of nitrogens with two attached hydrogens (primary N) is 1. The first-order valence-electron chi connectivity index (χ1n) is 6.24. The van der Waals surface area contributed by atoms with Crippen LogP contribution in [0, 0.1) is 6.92 Å². The largest absolute Gasteiger partial charge is 0.398 e. The van der Waals surface area contributed by atoms with E-state index in [2.05, 4.69) is 0 Å². The second-order valence-corrected chi connectivity index (χ2v) is 4.30. The van der Waals surface area contributed by atoms with Crippen molar-refractivity contribution in [2.75, 3.05) is 46.3 Å². The molecule has 1 amide bonds. The molecule has 0 aromatic heterocycles. The Bertz CT molecular complexity index is 413. The highest BCUT2D eigenvalue weighted by Gasteiger charge is 2.17. The fourth-order valence-corrected chi connectivity index (χ4v) is 1.77. The first-order chi connectivity index (χ1) is 9.11. The van der Waals surface area contributed by atoms with Crippen molar-refractivity contribution in [3.63, 3.8) is 0 Å². The molecule has 1 aromatic rings. The number of rotatable bonds is 7. The lowest BCUT2D eigenvalue weighted by Crippen LogP contribution is -2.36. The smallest absolute Gasteiger partial charge is 0.254 e. The summed E-state index contributed by atoms with van der Waals surface area (Å²) < 4.78 is 10.1. The van der Waals surface area contributed by atoms with Gasteiger partial charge in [-0.05, 0) is 24.6 Å². The van der Waals surface area contributed by atoms with Gasteiger partial charge in [0.25, 0.3) is 5.91 Å². The van der Waals surface area contributed by atoms with Crippen molar-refractivity contribution < 1.29 is 14.3 Å². The standard InChI is InChI=1S/C14H22N2O3/c1-11-12(5-4-6-13(11)15)14(17)16(7-9-18-2)8-10-19-3/h4-6H,7-10,15H2,1-3H3. The van der Waals surface area contributed by atoms with Crippen molar-refractivity contribution in [2.24, 2.45) is 0 Å². The first kappa shape index (κ1) is 15.5. The highest BCUT2D eigenvalue weighted by molar-refractivity contribution is 5.96. The molecule has 0 spiro atoms. The quantitative estimate of drug-likeness (QED) is 0.756. The van der Waals surface area contributed by atoms with Gasteiger partial charge in [0.2, 0.25) is 0 Å². The molecule has 0 saturated carbocycles. The second-order valence-electron chi connectivity index (χ2n) is 4.30. The molecule has 1 rings (SSSR count). The number of methoxy groups -OCH3 is 2. The number of amides is 1. The van der Waals surface area contributed by atoms with Gasteiger partial charge in [0, 0.05) is 38.6 Å². The van der Waals surface area contributed by atoms with Gasteiger partial charge in [0.05, 0.1) is 13.2 Å². The molecule has 0 aliphatic heterocycles. The third-order valence-electron chi connectivity index (χ3n) is 3.02. The number of ether oxygens (including phenoxy) is 2. The minimum Gasteiger partial charge on any atom is -0.398 e. The second kappa shape index (κ2) is 7.76. The number of nitrogens with zero attached hydrogens (tertiary/aromatic N) is 1. The normalized spacial score (nSPS) is 10.5. The Balaban J connectivity index is 2.87. The predicted octanol–water partition coefficient (Wildman–Crippen LogP) is 1.31. The van der Waals surface area contributed by atoms with Crippen LogP contribution in [0.2, 0.25) is 0 Å². The number of hydrogen-bond acceptors (Lipinski definition) is 4. The number of carbonyl (C=O) groups is 1. The number of carbonyl (C=O) groups excluding carboxylic acids is 1. The molecule has 2 N–H and O–H groups in total. The average molecular weight is 266 g/mol. The Kier molecular flexibility index (Phi) is 6.32. The lowest BCUT2D eigenvalue weighted by molar-refractivity contribution is 0.0626. The highest BCUT2D eigenvalue weighted by Crippen LogP contribution is 2.17. The lowest BCUT2D eigenvalue weighted by atomic mass is 10.1. The summed E-state index contributed by atoms with van der Waals surface area (Å²) >= 11 is 0. The van der Waals surface area contributed by atoms with Crippen molar-refractivity contribution in [3.05, 3.63) is 29.3 Å². The van der Waals surface area contributed by atoms with Crippen LogP contribution in [0.4, 0.5) is 5.69 Å². The van der Waals surface area contributed by atoms with Gasteiger partial charge in [0.1, 0.15) is 0 Å². The van der Waals surface area contributed by atoms with E-state index in [1.807, 2.05) is 6.92 Å². The van der Waals surface area contributed by atoms with Gasteiger partial charge in [-0.3, -0.25) is 4.79 Å². The number of benzene rings is 1. The summed E-state index contributed by atoms with van der Waals surface area (Å²) in [7, 11) is 3.23. The summed E-state index contributed by atoms with van der Waals surface area (Å²) in [5.74, 6) is -0.0427. The molecule has 106 valence electrons. The molecule has 0 saturated heterocycles. The molecular weight excluding hydrogens is 244 g/mol. The van der Waals surface area contributed by atoms with E-state index in [9.17, 15) is 4.79 Å². The molecule has 5 heteroatoms. The topological polar surface area (TPSA) is 64.8 Å². The Morgan fingerprint density at radius 2 is 1.79 bits per heavy atom. The molecule has 0 heterocycles. The van der Waals surface area contributed by atoms with Crippen LogP contribution in [0.5, 0.6) is 0 Å². The lowest BCUT2D eigenvalue weighted by Gasteiger charge is -2.23. The molecule has 0 aliphatic carbocycles. The molecular formula is C14H22N2O3. The first-order valence-corrected chi connectivity index (χ1v) is 6.24.